The van der Waals surface area contributed by atoms with Gasteiger partial charge in [0.2, 0.25) is 5.91 Å². The summed E-state index contributed by atoms with van der Waals surface area (Å²) in [5, 5.41) is 9.70. The van der Waals surface area contributed by atoms with E-state index in [0.717, 1.165) is 29.3 Å². The second kappa shape index (κ2) is 8.03. The van der Waals surface area contributed by atoms with Crippen molar-refractivity contribution < 1.29 is 14.3 Å². The molecule has 0 aromatic carbocycles. The van der Waals surface area contributed by atoms with E-state index in [1.54, 1.807) is 13.0 Å². The average Bonchev–Trinajstić information content (AvgIpc) is 3.03. The van der Waals surface area contributed by atoms with Gasteiger partial charge in [0.15, 0.2) is 0 Å². The number of aryl methyl sites for hydroxylation is 2. The predicted octanol–water partition coefficient (Wildman–Crippen LogP) is 3.29. The van der Waals surface area contributed by atoms with Crippen LogP contribution in [0, 0.1) is 27.7 Å². The van der Waals surface area contributed by atoms with Crippen LogP contribution in [0.3, 0.4) is 0 Å². The highest BCUT2D eigenvalue weighted by molar-refractivity contribution is 6.04. The number of hydrogen-bond donors (Lipinski definition) is 2. The topological polar surface area (TPSA) is 89.0 Å². The van der Waals surface area contributed by atoms with Crippen LogP contribution in [-0.2, 0) is 16.1 Å². The minimum absolute atomic E-state index is 0.284. The molecule has 0 saturated heterocycles. The van der Waals surface area contributed by atoms with E-state index >= 15 is 0 Å². The zero-order valence-electron chi connectivity index (χ0n) is 16.2. The second-order valence-electron chi connectivity index (χ2n) is 6.06. The molecule has 2 rings (SSSR count). The number of anilines is 1. The van der Waals surface area contributed by atoms with Gasteiger partial charge in [0, 0.05) is 29.6 Å². The average molecular weight is 358 g/mol. The lowest BCUT2D eigenvalue weighted by atomic mass is 10.1. The Kier molecular flexibility index (Phi) is 6.02. The first-order valence-electron chi connectivity index (χ1n) is 8.69. The molecule has 26 heavy (non-hydrogen) atoms. The Bertz CT molecular complexity index is 839. The summed E-state index contributed by atoms with van der Waals surface area (Å²) in [4.78, 5) is 24.7. The molecule has 2 aromatic rings. The van der Waals surface area contributed by atoms with Crippen LogP contribution in [0.4, 0.5) is 5.69 Å². The van der Waals surface area contributed by atoms with Gasteiger partial charge in [-0.15, -0.1) is 0 Å². The summed E-state index contributed by atoms with van der Waals surface area (Å²) in [6.45, 7) is 12.3. The van der Waals surface area contributed by atoms with Crippen molar-refractivity contribution in [2.75, 3.05) is 11.9 Å². The van der Waals surface area contributed by atoms with E-state index in [1.165, 1.54) is 6.08 Å². The van der Waals surface area contributed by atoms with Gasteiger partial charge < -0.3 is 14.6 Å². The summed E-state index contributed by atoms with van der Waals surface area (Å²) < 4.78 is 7.22. The number of carbonyl (C=O) groups is 2. The van der Waals surface area contributed by atoms with E-state index < -0.39 is 0 Å². The van der Waals surface area contributed by atoms with Gasteiger partial charge in [-0.1, -0.05) is 0 Å². The maximum atomic E-state index is 12.4. The molecule has 2 heterocycles. The number of ether oxygens (including phenoxy) is 1. The van der Waals surface area contributed by atoms with Crippen LogP contribution in [0.25, 0.3) is 6.08 Å². The van der Waals surface area contributed by atoms with Gasteiger partial charge in [0.05, 0.1) is 29.2 Å². The normalized spacial score (nSPS) is 11.2. The molecular formula is C19H26N4O3. The lowest BCUT2D eigenvalue weighted by Crippen LogP contribution is -2.10. The fourth-order valence-electron chi connectivity index (χ4n) is 3.11. The van der Waals surface area contributed by atoms with Crippen molar-refractivity contribution in [2.24, 2.45) is 0 Å². The Morgan fingerprint density at radius 3 is 2.42 bits per heavy atom. The van der Waals surface area contributed by atoms with Crippen LogP contribution in [-0.4, -0.2) is 33.2 Å². The summed E-state index contributed by atoms with van der Waals surface area (Å²) in [5.41, 5.74) is 5.16. The first-order chi connectivity index (χ1) is 12.3. The Morgan fingerprint density at radius 2 is 1.88 bits per heavy atom. The Morgan fingerprint density at radius 1 is 1.19 bits per heavy atom. The molecular weight excluding hydrogens is 332 g/mol. The summed E-state index contributed by atoms with van der Waals surface area (Å²) in [5.74, 6) is -0.657. The van der Waals surface area contributed by atoms with Gasteiger partial charge in [-0.2, -0.15) is 5.10 Å². The Labute approximate surface area is 153 Å². The van der Waals surface area contributed by atoms with Gasteiger partial charge >= 0.3 is 5.97 Å². The fraction of sp³-hybridized carbons (Fsp3) is 0.421. The Balaban J connectivity index is 2.34. The lowest BCUT2D eigenvalue weighted by Gasteiger charge is -2.05. The number of nitrogens with zero attached hydrogens (tertiary/aromatic N) is 2. The molecule has 0 saturated carbocycles. The van der Waals surface area contributed by atoms with Crippen LogP contribution < -0.4 is 5.32 Å². The lowest BCUT2D eigenvalue weighted by molar-refractivity contribution is -0.111. The largest absolute Gasteiger partial charge is 0.462 e. The molecule has 0 aliphatic carbocycles. The molecule has 0 spiro atoms. The number of amides is 1. The minimum atomic E-state index is -0.373. The summed E-state index contributed by atoms with van der Waals surface area (Å²) in [7, 11) is 0. The SMILES string of the molecule is CCOC(=O)c1c(/C=C/C(=O)Nc2c(C)n[nH]c2C)c(C)n(CC)c1C. The number of nitrogens with one attached hydrogen (secondary N) is 2. The minimum Gasteiger partial charge on any atom is -0.462 e. The number of esters is 1. The van der Waals surface area contributed by atoms with Crippen molar-refractivity contribution in [1.29, 1.82) is 0 Å². The van der Waals surface area contributed by atoms with Crippen molar-refractivity contribution in [3.05, 3.63) is 40.0 Å². The van der Waals surface area contributed by atoms with Crippen LogP contribution in [0.2, 0.25) is 0 Å². The van der Waals surface area contributed by atoms with Crippen LogP contribution in [0.5, 0.6) is 0 Å². The van der Waals surface area contributed by atoms with Gasteiger partial charge in [0.25, 0.3) is 0 Å². The zero-order valence-corrected chi connectivity index (χ0v) is 16.2. The third kappa shape index (κ3) is 3.71. The van der Waals surface area contributed by atoms with E-state index in [-0.39, 0.29) is 11.9 Å². The quantitative estimate of drug-likeness (QED) is 0.612. The van der Waals surface area contributed by atoms with Crippen LogP contribution in [0.1, 0.15) is 52.5 Å². The van der Waals surface area contributed by atoms with Gasteiger partial charge in [0.1, 0.15) is 0 Å². The summed E-state index contributed by atoms with van der Waals surface area (Å²) >= 11 is 0. The molecule has 2 aromatic heterocycles. The number of hydrogen-bond acceptors (Lipinski definition) is 4. The van der Waals surface area contributed by atoms with Gasteiger partial charge in [-0.3, -0.25) is 9.89 Å². The number of H-pyrrole nitrogens is 1. The number of rotatable bonds is 6. The summed E-state index contributed by atoms with van der Waals surface area (Å²) in [6, 6.07) is 0. The van der Waals surface area contributed by atoms with Crippen LogP contribution in [0.15, 0.2) is 6.08 Å². The van der Waals surface area contributed by atoms with E-state index in [1.807, 2.05) is 39.2 Å². The first-order valence-corrected chi connectivity index (χ1v) is 8.69. The van der Waals surface area contributed by atoms with Crippen molar-refractivity contribution in [3.63, 3.8) is 0 Å². The number of aromatic amines is 1. The molecule has 0 atom stereocenters. The van der Waals surface area contributed by atoms with E-state index in [2.05, 4.69) is 15.5 Å². The standard InChI is InChI=1S/C19H26N4O3/c1-7-23-13(5)15(17(14(23)6)19(25)26-8-2)9-10-16(24)20-18-11(3)21-22-12(18)4/h9-10H,7-8H2,1-6H3,(H,20,24)(H,21,22)/b10-9+. The highest BCUT2D eigenvalue weighted by Crippen LogP contribution is 2.25. The molecule has 0 fully saturated rings. The maximum Gasteiger partial charge on any atom is 0.340 e. The fourth-order valence-corrected chi connectivity index (χ4v) is 3.11. The summed E-state index contributed by atoms with van der Waals surface area (Å²) in [6.07, 6.45) is 3.09. The monoisotopic (exact) mass is 358 g/mol. The highest BCUT2D eigenvalue weighted by atomic mass is 16.5. The highest BCUT2D eigenvalue weighted by Gasteiger charge is 2.22. The maximum absolute atomic E-state index is 12.4. The van der Waals surface area contributed by atoms with Gasteiger partial charge in [-0.25, -0.2) is 4.79 Å². The van der Waals surface area contributed by atoms with E-state index in [4.69, 9.17) is 4.74 Å². The zero-order chi connectivity index (χ0) is 19.4. The third-order valence-electron chi connectivity index (χ3n) is 4.40. The molecule has 0 aliphatic rings. The molecule has 7 nitrogen and oxygen atoms in total. The van der Waals surface area contributed by atoms with Crippen LogP contribution >= 0.6 is 0 Å². The second-order valence-corrected chi connectivity index (χ2v) is 6.06. The third-order valence-corrected chi connectivity index (χ3v) is 4.40. The van der Waals surface area contributed by atoms with Crippen molar-refractivity contribution in [1.82, 2.24) is 14.8 Å². The molecule has 1 amide bonds. The van der Waals surface area contributed by atoms with E-state index in [9.17, 15) is 9.59 Å². The van der Waals surface area contributed by atoms with Gasteiger partial charge in [-0.05, 0) is 47.6 Å². The molecule has 2 N–H and O–H groups in total. The van der Waals surface area contributed by atoms with Crippen molar-refractivity contribution in [2.45, 2.75) is 48.1 Å². The molecule has 7 heteroatoms. The molecule has 0 bridgehead atoms. The Hall–Kier alpha value is -2.83. The number of carbonyl (C=O) groups excluding carboxylic acids is 2. The molecule has 0 aliphatic heterocycles. The smallest absolute Gasteiger partial charge is 0.340 e. The van der Waals surface area contributed by atoms with Crippen molar-refractivity contribution >= 4 is 23.6 Å². The first kappa shape index (κ1) is 19.5. The van der Waals surface area contributed by atoms with E-state index in [0.29, 0.717) is 23.4 Å². The number of aromatic nitrogens is 3. The molecule has 0 unspecified atom stereocenters. The molecule has 140 valence electrons. The van der Waals surface area contributed by atoms with Crippen molar-refractivity contribution in [3.8, 4) is 0 Å². The predicted molar refractivity (Wildman–Crippen MR) is 101 cm³/mol. The molecule has 0 radical (unpaired) electrons.